The van der Waals surface area contributed by atoms with Crippen LogP contribution in [0.15, 0.2) is 53.6 Å². The minimum atomic E-state index is -0.351. The number of para-hydroxylation sites is 1. The van der Waals surface area contributed by atoms with Gasteiger partial charge in [0.25, 0.3) is 0 Å². The molecule has 0 atom stereocenters. The van der Waals surface area contributed by atoms with Crippen molar-refractivity contribution in [1.82, 2.24) is 5.43 Å². The summed E-state index contributed by atoms with van der Waals surface area (Å²) in [6.45, 7) is 4.21. The third-order valence-corrected chi connectivity index (χ3v) is 4.39. The summed E-state index contributed by atoms with van der Waals surface area (Å²) >= 11 is 0. The molecule has 2 aromatic carbocycles. The Balaban J connectivity index is 1.51. The van der Waals surface area contributed by atoms with E-state index < -0.39 is 0 Å². The maximum absolute atomic E-state index is 11.9. The maximum Gasteiger partial charge on any atom is 0.339 e. The molecule has 2 aromatic rings. The molecule has 1 aliphatic heterocycles. The average Bonchev–Trinajstić information content (AvgIpc) is 2.65. The topological polar surface area (TPSA) is 56.7 Å². The number of carbonyl (C=O) groups is 1. The van der Waals surface area contributed by atoms with Crippen molar-refractivity contribution < 1.29 is 4.79 Å². The maximum atomic E-state index is 11.9. The first-order chi connectivity index (χ1) is 12.2. The molecule has 0 spiro atoms. The predicted molar refractivity (Wildman–Crippen MR) is 103 cm³/mol. The van der Waals surface area contributed by atoms with E-state index in [1.165, 1.54) is 24.9 Å². The van der Waals surface area contributed by atoms with Crippen molar-refractivity contribution in [2.75, 3.05) is 23.3 Å². The van der Waals surface area contributed by atoms with Crippen molar-refractivity contribution in [3.63, 3.8) is 0 Å². The summed E-state index contributed by atoms with van der Waals surface area (Å²) in [5.41, 5.74) is 6.49. The van der Waals surface area contributed by atoms with E-state index in [1.54, 1.807) is 6.21 Å². The molecular formula is C20H24N4O. The quantitative estimate of drug-likeness (QED) is 0.651. The molecule has 5 heteroatoms. The molecular weight excluding hydrogens is 312 g/mol. The molecule has 0 unspecified atom stereocenters. The number of rotatable bonds is 4. The summed E-state index contributed by atoms with van der Waals surface area (Å²) in [7, 11) is 0. The highest BCUT2D eigenvalue weighted by Gasteiger charge is 2.10. The van der Waals surface area contributed by atoms with Gasteiger partial charge in [0.15, 0.2) is 0 Å². The van der Waals surface area contributed by atoms with Crippen LogP contribution < -0.4 is 15.6 Å². The van der Waals surface area contributed by atoms with Gasteiger partial charge in [0.1, 0.15) is 0 Å². The lowest BCUT2D eigenvalue weighted by molar-refractivity contribution is 0.252. The van der Waals surface area contributed by atoms with Gasteiger partial charge in [-0.3, -0.25) is 0 Å². The number of amides is 2. The van der Waals surface area contributed by atoms with Gasteiger partial charge >= 0.3 is 6.03 Å². The van der Waals surface area contributed by atoms with Crippen LogP contribution >= 0.6 is 0 Å². The van der Waals surface area contributed by atoms with E-state index in [2.05, 4.69) is 32.9 Å². The highest BCUT2D eigenvalue weighted by molar-refractivity contribution is 5.91. The second kappa shape index (κ2) is 8.33. The Morgan fingerprint density at radius 1 is 1.04 bits per heavy atom. The molecule has 0 radical (unpaired) electrons. The van der Waals surface area contributed by atoms with Crippen molar-refractivity contribution in [1.29, 1.82) is 0 Å². The number of hydrazone groups is 1. The summed E-state index contributed by atoms with van der Waals surface area (Å²) in [6, 6.07) is 15.5. The highest BCUT2D eigenvalue weighted by Crippen LogP contribution is 2.19. The Hall–Kier alpha value is -2.82. The molecule has 0 saturated carbocycles. The molecule has 2 amide bonds. The zero-order chi connectivity index (χ0) is 17.5. The predicted octanol–water partition coefficient (Wildman–Crippen LogP) is 4.14. The van der Waals surface area contributed by atoms with Crippen LogP contribution in [0.1, 0.15) is 30.4 Å². The molecule has 1 aliphatic rings. The molecule has 1 saturated heterocycles. The van der Waals surface area contributed by atoms with Crippen molar-refractivity contribution in [2.45, 2.75) is 26.2 Å². The van der Waals surface area contributed by atoms with Gasteiger partial charge in [0.2, 0.25) is 0 Å². The standard InChI is InChI=1S/C20H24N4O/c1-16-7-3-4-8-19(16)22-20(25)23-21-15-17-9-11-18(12-10-17)24-13-5-2-6-14-24/h3-4,7-12,15H,2,5-6,13-14H2,1H3,(H2,22,23,25)/b21-15-. The van der Waals surface area contributed by atoms with E-state index in [0.29, 0.717) is 0 Å². The number of hydrogen-bond acceptors (Lipinski definition) is 3. The number of nitrogens with one attached hydrogen (secondary N) is 2. The lowest BCUT2D eigenvalue weighted by atomic mass is 10.1. The molecule has 25 heavy (non-hydrogen) atoms. The molecule has 1 fully saturated rings. The van der Waals surface area contributed by atoms with Gasteiger partial charge in [-0.1, -0.05) is 30.3 Å². The molecule has 0 aliphatic carbocycles. The number of nitrogens with zero attached hydrogens (tertiary/aromatic N) is 2. The summed E-state index contributed by atoms with van der Waals surface area (Å²) in [6.07, 6.45) is 5.52. The van der Waals surface area contributed by atoms with Crippen LogP contribution in [0.4, 0.5) is 16.2 Å². The number of anilines is 2. The first-order valence-corrected chi connectivity index (χ1v) is 8.73. The van der Waals surface area contributed by atoms with Crippen molar-refractivity contribution in [2.24, 2.45) is 5.10 Å². The summed E-state index contributed by atoms with van der Waals surface area (Å²) < 4.78 is 0. The van der Waals surface area contributed by atoms with Crippen LogP contribution in [0.5, 0.6) is 0 Å². The van der Waals surface area contributed by atoms with Crippen LogP contribution in [0.25, 0.3) is 0 Å². The van der Waals surface area contributed by atoms with Crippen LogP contribution in [-0.2, 0) is 0 Å². The molecule has 0 bridgehead atoms. The van der Waals surface area contributed by atoms with Gasteiger partial charge in [-0.25, -0.2) is 10.2 Å². The zero-order valence-electron chi connectivity index (χ0n) is 14.5. The van der Waals surface area contributed by atoms with Crippen LogP contribution in [0, 0.1) is 6.92 Å². The molecule has 2 N–H and O–H groups in total. The second-order valence-corrected chi connectivity index (χ2v) is 6.28. The summed E-state index contributed by atoms with van der Waals surface area (Å²) in [5, 5.41) is 6.79. The zero-order valence-corrected chi connectivity index (χ0v) is 14.5. The van der Waals surface area contributed by atoms with Gasteiger partial charge in [0.05, 0.1) is 6.21 Å². The monoisotopic (exact) mass is 336 g/mol. The molecule has 3 rings (SSSR count). The Labute approximate surface area is 148 Å². The number of carbonyl (C=O) groups excluding carboxylic acids is 1. The third-order valence-electron chi connectivity index (χ3n) is 4.39. The highest BCUT2D eigenvalue weighted by atomic mass is 16.2. The first kappa shape index (κ1) is 17.0. The summed E-state index contributed by atoms with van der Waals surface area (Å²) in [4.78, 5) is 14.3. The number of aryl methyl sites for hydroxylation is 1. The SMILES string of the molecule is Cc1ccccc1NC(=O)N/N=C\c1ccc(N2CCCCC2)cc1. The van der Waals surface area contributed by atoms with Crippen molar-refractivity contribution in [3.8, 4) is 0 Å². The molecule has 5 nitrogen and oxygen atoms in total. The fourth-order valence-electron chi connectivity index (χ4n) is 2.95. The van der Waals surface area contributed by atoms with Crippen molar-refractivity contribution in [3.05, 3.63) is 59.7 Å². The fourth-order valence-corrected chi connectivity index (χ4v) is 2.95. The Morgan fingerprint density at radius 3 is 2.48 bits per heavy atom. The number of hydrogen-bond donors (Lipinski definition) is 2. The van der Waals surface area contributed by atoms with E-state index in [1.807, 2.05) is 43.3 Å². The third kappa shape index (κ3) is 4.83. The largest absolute Gasteiger partial charge is 0.372 e. The van der Waals surface area contributed by atoms with E-state index >= 15 is 0 Å². The normalized spacial score (nSPS) is 14.5. The number of urea groups is 1. The van der Waals surface area contributed by atoms with Gasteiger partial charge < -0.3 is 10.2 Å². The number of benzene rings is 2. The Morgan fingerprint density at radius 2 is 1.76 bits per heavy atom. The number of piperidine rings is 1. The molecule has 1 heterocycles. The minimum Gasteiger partial charge on any atom is -0.372 e. The smallest absolute Gasteiger partial charge is 0.339 e. The lowest BCUT2D eigenvalue weighted by Crippen LogP contribution is -2.29. The van der Waals surface area contributed by atoms with Gasteiger partial charge in [0, 0.05) is 24.5 Å². The van der Waals surface area contributed by atoms with Gasteiger partial charge in [-0.2, -0.15) is 5.10 Å². The first-order valence-electron chi connectivity index (χ1n) is 8.73. The molecule has 0 aromatic heterocycles. The Kier molecular flexibility index (Phi) is 5.67. The van der Waals surface area contributed by atoms with Crippen LogP contribution in [0.3, 0.4) is 0 Å². The van der Waals surface area contributed by atoms with E-state index in [4.69, 9.17) is 0 Å². The van der Waals surface area contributed by atoms with Gasteiger partial charge in [-0.15, -0.1) is 0 Å². The molecule has 130 valence electrons. The van der Waals surface area contributed by atoms with Crippen molar-refractivity contribution >= 4 is 23.6 Å². The Bertz CT molecular complexity index is 734. The fraction of sp³-hybridized carbons (Fsp3) is 0.300. The average molecular weight is 336 g/mol. The van der Waals surface area contributed by atoms with Gasteiger partial charge in [-0.05, 0) is 55.5 Å². The van der Waals surface area contributed by atoms with Crippen LogP contribution in [-0.4, -0.2) is 25.3 Å². The van der Waals surface area contributed by atoms with E-state index in [-0.39, 0.29) is 6.03 Å². The summed E-state index contributed by atoms with van der Waals surface area (Å²) in [5.74, 6) is 0. The lowest BCUT2D eigenvalue weighted by Gasteiger charge is -2.28. The second-order valence-electron chi connectivity index (χ2n) is 6.28. The van der Waals surface area contributed by atoms with Crippen LogP contribution in [0.2, 0.25) is 0 Å². The minimum absolute atomic E-state index is 0.351. The van der Waals surface area contributed by atoms with E-state index in [9.17, 15) is 4.79 Å². The van der Waals surface area contributed by atoms with E-state index in [0.717, 1.165) is 29.9 Å².